The first-order valence-electron chi connectivity index (χ1n) is 11.5. The quantitative estimate of drug-likeness (QED) is 0.640. The summed E-state index contributed by atoms with van der Waals surface area (Å²) in [5.74, 6) is -0.130. The molecule has 2 aromatic carbocycles. The van der Waals surface area contributed by atoms with Crippen LogP contribution in [-0.2, 0) is 11.3 Å². The maximum atomic E-state index is 13.3. The first-order valence-corrected chi connectivity index (χ1v) is 11.5. The van der Waals surface area contributed by atoms with E-state index in [2.05, 4.69) is 10.6 Å². The van der Waals surface area contributed by atoms with E-state index in [0.717, 1.165) is 31.2 Å². The van der Waals surface area contributed by atoms with Crippen LogP contribution < -0.4 is 10.6 Å². The number of ether oxygens (including phenoxy) is 1. The van der Waals surface area contributed by atoms with Gasteiger partial charge in [0, 0.05) is 35.4 Å². The van der Waals surface area contributed by atoms with Crippen LogP contribution >= 0.6 is 0 Å². The second-order valence-electron chi connectivity index (χ2n) is 9.82. The average molecular weight is 450 g/mol. The van der Waals surface area contributed by atoms with Gasteiger partial charge in [-0.15, -0.1) is 0 Å². The zero-order valence-corrected chi connectivity index (χ0v) is 19.4. The Labute approximate surface area is 194 Å². The molecule has 3 amide bonds. The Balaban J connectivity index is 1.42. The van der Waals surface area contributed by atoms with Gasteiger partial charge in [0.2, 0.25) is 0 Å². The van der Waals surface area contributed by atoms with E-state index in [1.807, 2.05) is 29.2 Å². The van der Waals surface area contributed by atoms with Crippen molar-refractivity contribution < 1.29 is 19.1 Å². The van der Waals surface area contributed by atoms with Crippen molar-refractivity contribution in [2.24, 2.45) is 0 Å². The lowest BCUT2D eigenvalue weighted by Gasteiger charge is -2.23. The van der Waals surface area contributed by atoms with Crippen molar-refractivity contribution in [3.8, 4) is 0 Å². The molecule has 33 heavy (non-hydrogen) atoms. The molecule has 2 fully saturated rings. The number of hydrogen-bond acceptors (Lipinski definition) is 4. The van der Waals surface area contributed by atoms with Gasteiger partial charge in [0.25, 0.3) is 11.8 Å². The molecule has 2 N–H and O–H groups in total. The molecular formula is C26H31N3O4. The zero-order valence-electron chi connectivity index (χ0n) is 19.4. The maximum Gasteiger partial charge on any atom is 0.412 e. The lowest BCUT2D eigenvalue weighted by molar-refractivity contribution is 0.0634. The van der Waals surface area contributed by atoms with E-state index in [9.17, 15) is 14.4 Å². The third-order valence-corrected chi connectivity index (χ3v) is 5.48. The predicted molar refractivity (Wildman–Crippen MR) is 126 cm³/mol. The molecule has 0 aromatic heterocycles. The van der Waals surface area contributed by atoms with Crippen LogP contribution in [0, 0.1) is 0 Å². The van der Waals surface area contributed by atoms with E-state index >= 15 is 0 Å². The molecule has 0 unspecified atom stereocenters. The Morgan fingerprint density at radius 2 is 1.67 bits per heavy atom. The van der Waals surface area contributed by atoms with Gasteiger partial charge >= 0.3 is 6.09 Å². The summed E-state index contributed by atoms with van der Waals surface area (Å²) in [4.78, 5) is 39.5. The summed E-state index contributed by atoms with van der Waals surface area (Å²) in [5.41, 5.74) is 2.03. The standard InChI is InChI=1S/C26H31N3O4/c1-26(2,3)33-25(32)28-21-6-4-5-19(15-21)24(31)29(22-13-14-22)16-17-7-9-18(10-8-17)23(30)27-20-11-12-20/h4-10,15,20,22H,11-14,16H2,1-3H3,(H,27,30)(H,28,32). The molecule has 2 aliphatic rings. The van der Waals surface area contributed by atoms with Crippen molar-refractivity contribution in [1.29, 1.82) is 0 Å². The summed E-state index contributed by atoms with van der Waals surface area (Å²) >= 11 is 0. The van der Waals surface area contributed by atoms with Gasteiger partial charge in [-0.1, -0.05) is 18.2 Å². The zero-order chi connectivity index (χ0) is 23.6. The van der Waals surface area contributed by atoms with E-state index in [0.29, 0.717) is 29.4 Å². The lowest BCUT2D eigenvalue weighted by atomic mass is 10.1. The summed E-state index contributed by atoms with van der Waals surface area (Å²) in [7, 11) is 0. The summed E-state index contributed by atoms with van der Waals surface area (Å²) in [6.45, 7) is 5.86. The maximum absolute atomic E-state index is 13.3. The number of amides is 3. The highest BCUT2D eigenvalue weighted by atomic mass is 16.6. The van der Waals surface area contributed by atoms with Crippen molar-refractivity contribution in [2.75, 3.05) is 5.32 Å². The van der Waals surface area contributed by atoms with E-state index in [4.69, 9.17) is 4.74 Å². The molecule has 0 bridgehead atoms. The number of nitrogens with zero attached hydrogens (tertiary/aromatic N) is 1. The van der Waals surface area contributed by atoms with Gasteiger partial charge in [0.15, 0.2) is 0 Å². The molecule has 174 valence electrons. The molecule has 0 aliphatic heterocycles. The van der Waals surface area contributed by atoms with Crippen molar-refractivity contribution in [2.45, 2.75) is 70.7 Å². The Morgan fingerprint density at radius 3 is 2.27 bits per heavy atom. The first kappa shape index (κ1) is 22.8. The van der Waals surface area contributed by atoms with Crippen molar-refractivity contribution in [1.82, 2.24) is 10.2 Å². The van der Waals surface area contributed by atoms with E-state index < -0.39 is 11.7 Å². The molecule has 0 heterocycles. The van der Waals surface area contributed by atoms with Gasteiger partial charge in [-0.3, -0.25) is 14.9 Å². The summed E-state index contributed by atoms with van der Waals surface area (Å²) in [6.07, 6.45) is 3.50. The van der Waals surface area contributed by atoms with Gasteiger partial charge in [0.1, 0.15) is 5.60 Å². The van der Waals surface area contributed by atoms with E-state index in [1.54, 1.807) is 45.0 Å². The highest BCUT2D eigenvalue weighted by molar-refractivity contribution is 5.97. The number of hydrogen-bond donors (Lipinski definition) is 2. The fraction of sp³-hybridized carbons (Fsp3) is 0.423. The van der Waals surface area contributed by atoms with Crippen LogP contribution in [0.5, 0.6) is 0 Å². The monoisotopic (exact) mass is 449 g/mol. The molecule has 7 heteroatoms. The second-order valence-corrected chi connectivity index (χ2v) is 9.82. The first-order chi connectivity index (χ1) is 15.7. The highest BCUT2D eigenvalue weighted by Gasteiger charge is 2.33. The van der Waals surface area contributed by atoms with Crippen LogP contribution in [0.25, 0.3) is 0 Å². The molecule has 4 rings (SSSR count). The minimum atomic E-state index is -0.603. The third-order valence-electron chi connectivity index (χ3n) is 5.48. The third kappa shape index (κ3) is 6.57. The molecule has 0 spiro atoms. The Bertz CT molecular complexity index is 1030. The Hall–Kier alpha value is -3.35. The molecule has 2 aliphatic carbocycles. The van der Waals surface area contributed by atoms with E-state index in [-0.39, 0.29) is 17.9 Å². The fourth-order valence-corrected chi connectivity index (χ4v) is 3.52. The molecular weight excluding hydrogens is 418 g/mol. The second kappa shape index (κ2) is 9.25. The summed E-state index contributed by atoms with van der Waals surface area (Å²) in [6, 6.07) is 14.9. The minimum absolute atomic E-state index is 0.0477. The molecule has 0 radical (unpaired) electrons. The number of benzene rings is 2. The van der Waals surface area contributed by atoms with Gasteiger partial charge in [-0.25, -0.2) is 4.79 Å². The lowest BCUT2D eigenvalue weighted by Crippen LogP contribution is -2.32. The van der Waals surface area contributed by atoms with Crippen molar-refractivity contribution in [3.63, 3.8) is 0 Å². The molecule has 7 nitrogen and oxygen atoms in total. The number of carbonyl (C=O) groups excluding carboxylic acids is 3. The number of rotatable bonds is 7. The average Bonchev–Trinajstić information content (AvgIpc) is 3.65. The SMILES string of the molecule is CC(C)(C)OC(=O)Nc1cccc(C(=O)N(Cc2ccc(C(=O)NC3CC3)cc2)C2CC2)c1. The highest BCUT2D eigenvalue weighted by Crippen LogP contribution is 2.30. The van der Waals surface area contributed by atoms with Gasteiger partial charge < -0.3 is 15.0 Å². The number of nitrogens with one attached hydrogen (secondary N) is 2. The molecule has 0 atom stereocenters. The van der Waals surface area contributed by atoms with Crippen LogP contribution in [0.15, 0.2) is 48.5 Å². The predicted octanol–water partition coefficient (Wildman–Crippen LogP) is 4.73. The fourth-order valence-electron chi connectivity index (χ4n) is 3.52. The van der Waals surface area contributed by atoms with Crippen LogP contribution in [0.3, 0.4) is 0 Å². The number of carbonyl (C=O) groups is 3. The minimum Gasteiger partial charge on any atom is -0.444 e. The van der Waals surface area contributed by atoms with Crippen molar-refractivity contribution in [3.05, 3.63) is 65.2 Å². The topological polar surface area (TPSA) is 87.7 Å². The summed E-state index contributed by atoms with van der Waals surface area (Å²) < 4.78 is 5.29. The van der Waals surface area contributed by atoms with Crippen molar-refractivity contribution >= 4 is 23.6 Å². The van der Waals surface area contributed by atoms with Gasteiger partial charge in [0.05, 0.1) is 0 Å². The molecule has 0 saturated heterocycles. The Kier molecular flexibility index (Phi) is 6.40. The molecule has 2 saturated carbocycles. The van der Waals surface area contributed by atoms with Crippen LogP contribution in [-0.4, -0.2) is 40.5 Å². The van der Waals surface area contributed by atoms with E-state index in [1.165, 1.54) is 0 Å². The largest absolute Gasteiger partial charge is 0.444 e. The van der Waals surface area contributed by atoms with Crippen LogP contribution in [0.2, 0.25) is 0 Å². The van der Waals surface area contributed by atoms with Gasteiger partial charge in [-0.05, 0) is 82.3 Å². The van der Waals surface area contributed by atoms with Crippen LogP contribution in [0.1, 0.15) is 72.7 Å². The Morgan fingerprint density at radius 1 is 0.970 bits per heavy atom. The van der Waals surface area contributed by atoms with Crippen LogP contribution in [0.4, 0.5) is 10.5 Å². The number of anilines is 1. The van der Waals surface area contributed by atoms with Gasteiger partial charge in [-0.2, -0.15) is 0 Å². The summed E-state index contributed by atoms with van der Waals surface area (Å²) in [5, 5.41) is 5.68. The molecule has 2 aromatic rings. The normalized spacial score (nSPS) is 15.5. The smallest absolute Gasteiger partial charge is 0.412 e.